The van der Waals surface area contributed by atoms with Gasteiger partial charge in [-0.1, -0.05) is 0 Å². The molecule has 1 aliphatic rings. The van der Waals surface area contributed by atoms with E-state index in [2.05, 4.69) is 9.71 Å². The Morgan fingerprint density at radius 3 is 2.36 bits per heavy atom. The molecule has 0 aliphatic carbocycles. The maximum absolute atomic E-state index is 12.5. The maximum atomic E-state index is 12.5. The third kappa shape index (κ3) is 3.74. The minimum Gasteiger partial charge on any atom is -0.356 e. The third-order valence-corrected chi connectivity index (χ3v) is 5.49. The molecule has 0 bridgehead atoms. The van der Waals surface area contributed by atoms with E-state index in [1.54, 1.807) is 17.0 Å². The summed E-state index contributed by atoms with van der Waals surface area (Å²) in [6.07, 6.45) is 3.24. The SMILES string of the molecule is CC(=O)c1ccc(NS(=O)(=O)c2c[nH]c(C(=O)N3CCCC3)c2)cc1. The van der Waals surface area contributed by atoms with Crippen molar-refractivity contribution < 1.29 is 18.0 Å². The second kappa shape index (κ2) is 6.72. The van der Waals surface area contributed by atoms with E-state index < -0.39 is 10.0 Å². The fourth-order valence-corrected chi connectivity index (χ4v) is 3.78. The number of ketones is 1. The molecule has 0 spiro atoms. The van der Waals surface area contributed by atoms with Crippen molar-refractivity contribution in [2.24, 2.45) is 0 Å². The van der Waals surface area contributed by atoms with E-state index in [0.29, 0.717) is 24.3 Å². The van der Waals surface area contributed by atoms with Crippen molar-refractivity contribution in [3.8, 4) is 0 Å². The Kier molecular flexibility index (Phi) is 4.63. The first-order chi connectivity index (χ1) is 11.9. The van der Waals surface area contributed by atoms with E-state index in [1.165, 1.54) is 31.3 Å². The Bertz CT molecular complexity index is 894. The van der Waals surface area contributed by atoms with Gasteiger partial charge < -0.3 is 9.88 Å². The first-order valence-electron chi connectivity index (χ1n) is 7.98. The van der Waals surface area contributed by atoms with Crippen molar-refractivity contribution in [1.29, 1.82) is 0 Å². The maximum Gasteiger partial charge on any atom is 0.270 e. The molecule has 0 atom stereocenters. The number of carbonyl (C=O) groups excluding carboxylic acids is 2. The zero-order valence-electron chi connectivity index (χ0n) is 13.8. The minimum atomic E-state index is -3.82. The second-order valence-corrected chi connectivity index (χ2v) is 7.67. The van der Waals surface area contributed by atoms with Crippen LogP contribution in [0.2, 0.25) is 0 Å². The molecule has 132 valence electrons. The summed E-state index contributed by atoms with van der Waals surface area (Å²) in [6.45, 7) is 2.83. The average Bonchev–Trinajstić information content (AvgIpc) is 3.26. The zero-order valence-corrected chi connectivity index (χ0v) is 14.6. The molecular formula is C17H19N3O4S. The largest absolute Gasteiger partial charge is 0.356 e. The predicted octanol–water partition coefficient (Wildman–Crippen LogP) is 2.25. The van der Waals surface area contributed by atoms with Crippen LogP contribution in [0.4, 0.5) is 5.69 Å². The molecule has 1 fully saturated rings. The summed E-state index contributed by atoms with van der Waals surface area (Å²) < 4.78 is 27.3. The fourth-order valence-electron chi connectivity index (χ4n) is 2.73. The number of aromatic nitrogens is 1. The number of hydrogen-bond donors (Lipinski definition) is 2. The normalized spacial score (nSPS) is 14.5. The molecule has 1 saturated heterocycles. The number of rotatable bonds is 5. The van der Waals surface area contributed by atoms with E-state index in [-0.39, 0.29) is 22.3 Å². The molecule has 2 heterocycles. The number of H-pyrrole nitrogens is 1. The van der Waals surface area contributed by atoms with Crippen LogP contribution < -0.4 is 4.72 Å². The molecule has 1 aromatic heterocycles. The number of sulfonamides is 1. The van der Waals surface area contributed by atoms with Crippen molar-refractivity contribution >= 4 is 27.4 Å². The highest BCUT2D eigenvalue weighted by atomic mass is 32.2. The molecule has 8 heteroatoms. The number of benzene rings is 1. The van der Waals surface area contributed by atoms with Crippen molar-refractivity contribution in [3.05, 3.63) is 47.8 Å². The summed E-state index contributed by atoms with van der Waals surface area (Å²) >= 11 is 0. The van der Waals surface area contributed by atoms with Crippen molar-refractivity contribution in [1.82, 2.24) is 9.88 Å². The summed E-state index contributed by atoms with van der Waals surface area (Å²) in [5.74, 6) is -0.283. The molecule has 1 amide bonds. The standard InChI is InChI=1S/C17H19N3O4S/c1-12(21)13-4-6-14(7-5-13)19-25(23,24)15-10-16(18-11-15)17(22)20-8-2-3-9-20/h4-7,10-11,18-19H,2-3,8-9H2,1H3. The van der Waals surface area contributed by atoms with Gasteiger partial charge in [0.15, 0.2) is 5.78 Å². The van der Waals surface area contributed by atoms with Crippen molar-refractivity contribution in [3.63, 3.8) is 0 Å². The van der Waals surface area contributed by atoms with E-state index >= 15 is 0 Å². The number of carbonyl (C=O) groups is 2. The van der Waals surface area contributed by atoms with Gasteiger partial charge in [-0.3, -0.25) is 14.3 Å². The lowest BCUT2D eigenvalue weighted by Crippen LogP contribution is -2.27. The van der Waals surface area contributed by atoms with Crippen molar-refractivity contribution in [2.45, 2.75) is 24.7 Å². The van der Waals surface area contributed by atoms with Crippen LogP contribution in [0.25, 0.3) is 0 Å². The molecule has 7 nitrogen and oxygen atoms in total. The lowest BCUT2D eigenvalue weighted by atomic mass is 10.1. The fraction of sp³-hybridized carbons (Fsp3) is 0.294. The first-order valence-corrected chi connectivity index (χ1v) is 9.47. The Hall–Kier alpha value is -2.61. The lowest BCUT2D eigenvalue weighted by Gasteiger charge is -2.13. The highest BCUT2D eigenvalue weighted by Gasteiger charge is 2.23. The summed E-state index contributed by atoms with van der Waals surface area (Å²) in [5.41, 5.74) is 1.11. The molecule has 3 rings (SSSR count). The van der Waals surface area contributed by atoms with E-state index in [0.717, 1.165) is 12.8 Å². The number of nitrogens with zero attached hydrogens (tertiary/aromatic N) is 1. The Morgan fingerprint density at radius 1 is 1.12 bits per heavy atom. The lowest BCUT2D eigenvalue weighted by molar-refractivity contribution is 0.0787. The average molecular weight is 361 g/mol. The van der Waals surface area contributed by atoms with Gasteiger partial charge in [-0.25, -0.2) is 8.42 Å². The molecule has 2 aromatic rings. The van der Waals surface area contributed by atoms with Crippen LogP contribution in [0.1, 0.15) is 40.6 Å². The summed E-state index contributed by atoms with van der Waals surface area (Å²) in [4.78, 5) is 28.0. The number of Topliss-reactive ketones (excluding diaryl/α,β-unsaturated/α-hetero) is 1. The Morgan fingerprint density at radius 2 is 1.76 bits per heavy atom. The predicted molar refractivity (Wildman–Crippen MR) is 93.2 cm³/mol. The van der Waals surface area contributed by atoms with Crippen LogP contribution in [0, 0.1) is 0 Å². The Balaban J connectivity index is 1.76. The molecule has 1 aromatic carbocycles. The monoisotopic (exact) mass is 361 g/mol. The molecule has 0 unspecified atom stereocenters. The third-order valence-electron chi connectivity index (χ3n) is 4.13. The molecule has 0 radical (unpaired) electrons. The number of amides is 1. The van der Waals surface area contributed by atoms with Crippen LogP contribution in [0.5, 0.6) is 0 Å². The van der Waals surface area contributed by atoms with Crippen LogP contribution in [0.15, 0.2) is 41.4 Å². The number of nitrogens with one attached hydrogen (secondary N) is 2. The van der Waals surface area contributed by atoms with Gasteiger partial charge in [0.05, 0.1) is 0 Å². The smallest absolute Gasteiger partial charge is 0.270 e. The summed E-state index contributed by atoms with van der Waals surface area (Å²) in [5, 5.41) is 0. The Labute approximate surface area is 146 Å². The van der Waals surface area contributed by atoms with Crippen LogP contribution in [-0.2, 0) is 10.0 Å². The van der Waals surface area contributed by atoms with E-state index in [4.69, 9.17) is 0 Å². The van der Waals surface area contributed by atoms with Gasteiger partial charge >= 0.3 is 0 Å². The molecule has 25 heavy (non-hydrogen) atoms. The number of likely N-dealkylation sites (tertiary alicyclic amines) is 1. The van der Waals surface area contributed by atoms with Gasteiger partial charge in [0.25, 0.3) is 15.9 Å². The van der Waals surface area contributed by atoms with Gasteiger partial charge in [-0.05, 0) is 50.1 Å². The van der Waals surface area contributed by atoms with Crippen LogP contribution in [0.3, 0.4) is 0 Å². The molecular weight excluding hydrogens is 342 g/mol. The van der Waals surface area contributed by atoms with Crippen LogP contribution in [-0.4, -0.2) is 43.1 Å². The van der Waals surface area contributed by atoms with Gasteiger partial charge in [0, 0.05) is 30.5 Å². The summed E-state index contributed by atoms with van der Waals surface area (Å²) in [6, 6.07) is 7.50. The quantitative estimate of drug-likeness (QED) is 0.798. The van der Waals surface area contributed by atoms with Gasteiger partial charge in [-0.2, -0.15) is 0 Å². The first kappa shape index (κ1) is 17.2. The summed E-state index contributed by atoms with van der Waals surface area (Å²) in [7, 11) is -3.82. The molecule has 1 aliphatic heterocycles. The zero-order chi connectivity index (χ0) is 18.0. The van der Waals surface area contributed by atoms with E-state index in [9.17, 15) is 18.0 Å². The molecule has 2 N–H and O–H groups in total. The van der Waals surface area contributed by atoms with Gasteiger partial charge in [-0.15, -0.1) is 0 Å². The van der Waals surface area contributed by atoms with Crippen LogP contribution >= 0.6 is 0 Å². The topological polar surface area (TPSA) is 99.3 Å². The highest BCUT2D eigenvalue weighted by Crippen LogP contribution is 2.19. The molecule has 0 saturated carbocycles. The van der Waals surface area contributed by atoms with Crippen molar-refractivity contribution in [2.75, 3.05) is 17.8 Å². The number of aromatic amines is 1. The minimum absolute atomic E-state index is 0.00862. The number of anilines is 1. The van der Waals surface area contributed by atoms with Gasteiger partial charge in [0.2, 0.25) is 0 Å². The van der Waals surface area contributed by atoms with E-state index in [1.807, 2.05) is 0 Å². The second-order valence-electron chi connectivity index (χ2n) is 5.99. The van der Waals surface area contributed by atoms with Gasteiger partial charge in [0.1, 0.15) is 10.6 Å². The highest BCUT2D eigenvalue weighted by molar-refractivity contribution is 7.92. The number of hydrogen-bond acceptors (Lipinski definition) is 4.